The van der Waals surface area contributed by atoms with Gasteiger partial charge in [0.15, 0.2) is 0 Å². The zero-order chi connectivity index (χ0) is 10.0. The summed E-state index contributed by atoms with van der Waals surface area (Å²) in [6.07, 6.45) is -0.0389. The highest BCUT2D eigenvalue weighted by atomic mass is 16.3. The van der Waals surface area contributed by atoms with Gasteiger partial charge in [-0.25, -0.2) is 0 Å². The van der Waals surface area contributed by atoms with E-state index >= 15 is 0 Å². The van der Waals surface area contributed by atoms with Gasteiger partial charge < -0.3 is 15.3 Å². The molecule has 0 fully saturated rings. The molecular weight excluding hydrogens is 168 g/mol. The normalized spacial score (nSPS) is 12.8. The fraction of sp³-hybridized carbons (Fsp3) is 0.400. The number of hydrogen-bond donors (Lipinski definition) is 3. The molecule has 1 aromatic rings. The maximum Gasteiger partial charge on any atom is 0.122 e. The van der Waals surface area contributed by atoms with E-state index in [1.807, 2.05) is 0 Å². The Balaban J connectivity index is 2.99. The highest BCUT2D eigenvalue weighted by molar-refractivity contribution is 5.45. The average Bonchev–Trinajstić information content (AvgIpc) is 1.98. The van der Waals surface area contributed by atoms with Crippen LogP contribution in [0.1, 0.15) is 18.1 Å². The fourth-order valence-electron chi connectivity index (χ4n) is 1.20. The zero-order valence-corrected chi connectivity index (χ0v) is 7.78. The van der Waals surface area contributed by atoms with Gasteiger partial charge in [0, 0.05) is 5.56 Å². The minimum atomic E-state index is -0.471. The largest absolute Gasteiger partial charge is 0.508 e. The number of hydrogen-bond acceptors (Lipinski definition) is 3. The van der Waals surface area contributed by atoms with Gasteiger partial charge in [-0.15, -0.1) is 0 Å². The van der Waals surface area contributed by atoms with E-state index in [2.05, 4.69) is 0 Å². The second kappa shape index (κ2) is 3.66. The maximum atomic E-state index is 9.35. The van der Waals surface area contributed by atoms with Gasteiger partial charge in [0.1, 0.15) is 11.5 Å². The molecular formula is C10H14O3. The third kappa shape index (κ3) is 2.36. The quantitative estimate of drug-likeness (QED) is 0.646. The first kappa shape index (κ1) is 9.86. The van der Waals surface area contributed by atoms with Crippen LogP contribution in [0.5, 0.6) is 11.5 Å². The first-order valence-corrected chi connectivity index (χ1v) is 4.20. The van der Waals surface area contributed by atoms with E-state index in [4.69, 9.17) is 5.11 Å². The third-order valence-corrected chi connectivity index (χ3v) is 1.94. The predicted octanol–water partition coefficient (Wildman–Crippen LogP) is 1.33. The Labute approximate surface area is 77.3 Å². The summed E-state index contributed by atoms with van der Waals surface area (Å²) in [5.74, 6) is 0.131. The predicted molar refractivity (Wildman–Crippen MR) is 49.9 cm³/mol. The Morgan fingerprint density at radius 3 is 2.08 bits per heavy atom. The van der Waals surface area contributed by atoms with E-state index in [-0.39, 0.29) is 11.5 Å². The molecule has 0 spiro atoms. The minimum absolute atomic E-state index is 0.0654. The van der Waals surface area contributed by atoms with Gasteiger partial charge in [-0.2, -0.15) is 0 Å². The van der Waals surface area contributed by atoms with Crippen molar-refractivity contribution in [2.75, 3.05) is 0 Å². The number of rotatable bonds is 2. The summed E-state index contributed by atoms with van der Waals surface area (Å²) in [4.78, 5) is 0. The first-order valence-electron chi connectivity index (χ1n) is 4.20. The molecule has 0 saturated carbocycles. The Morgan fingerprint density at radius 1 is 1.23 bits per heavy atom. The van der Waals surface area contributed by atoms with Crippen molar-refractivity contribution in [3.63, 3.8) is 0 Å². The molecule has 0 saturated heterocycles. The smallest absolute Gasteiger partial charge is 0.122 e. The van der Waals surface area contributed by atoms with Crippen molar-refractivity contribution < 1.29 is 15.3 Å². The van der Waals surface area contributed by atoms with E-state index in [1.54, 1.807) is 26.0 Å². The molecule has 0 aliphatic carbocycles. The van der Waals surface area contributed by atoms with E-state index in [9.17, 15) is 10.2 Å². The summed E-state index contributed by atoms with van der Waals surface area (Å²) in [6.45, 7) is 3.30. The van der Waals surface area contributed by atoms with Gasteiger partial charge in [-0.1, -0.05) is 0 Å². The van der Waals surface area contributed by atoms with Gasteiger partial charge in [-0.05, 0) is 38.0 Å². The number of aliphatic hydroxyl groups excluding tert-OH is 1. The molecule has 3 heteroatoms. The second-order valence-corrected chi connectivity index (χ2v) is 3.31. The molecule has 0 aliphatic heterocycles. The van der Waals surface area contributed by atoms with Gasteiger partial charge in [0.25, 0.3) is 0 Å². The summed E-state index contributed by atoms with van der Waals surface area (Å²) in [5, 5.41) is 27.8. The molecule has 3 N–H and O–H groups in total. The number of benzene rings is 1. The van der Waals surface area contributed by atoms with E-state index in [0.717, 1.165) is 5.56 Å². The van der Waals surface area contributed by atoms with Gasteiger partial charge in [0.2, 0.25) is 0 Å². The van der Waals surface area contributed by atoms with Crippen LogP contribution < -0.4 is 0 Å². The van der Waals surface area contributed by atoms with Gasteiger partial charge >= 0.3 is 0 Å². The Hall–Kier alpha value is -1.22. The van der Waals surface area contributed by atoms with Crippen molar-refractivity contribution in [1.82, 2.24) is 0 Å². The molecule has 0 unspecified atom stereocenters. The highest BCUT2D eigenvalue weighted by Gasteiger charge is 2.06. The summed E-state index contributed by atoms with van der Waals surface area (Å²) in [5.41, 5.74) is 1.20. The molecule has 0 aliphatic rings. The van der Waals surface area contributed by atoms with Crippen molar-refractivity contribution >= 4 is 0 Å². The summed E-state index contributed by atoms with van der Waals surface area (Å²) in [6, 6.07) is 3.11. The van der Waals surface area contributed by atoms with E-state index in [0.29, 0.717) is 12.0 Å². The van der Waals surface area contributed by atoms with Crippen LogP contribution in [0, 0.1) is 6.92 Å². The number of aromatic hydroxyl groups is 2. The van der Waals surface area contributed by atoms with Crippen molar-refractivity contribution in [2.24, 2.45) is 0 Å². The van der Waals surface area contributed by atoms with Crippen LogP contribution in [0.15, 0.2) is 12.1 Å². The SMILES string of the molecule is Cc1c(O)cc(C[C@H](C)O)cc1O. The molecule has 0 radical (unpaired) electrons. The van der Waals surface area contributed by atoms with Crippen molar-refractivity contribution in [3.8, 4) is 11.5 Å². The topological polar surface area (TPSA) is 60.7 Å². The Bertz CT molecular complexity index is 282. The maximum absolute atomic E-state index is 9.35. The average molecular weight is 182 g/mol. The number of phenolic OH excluding ortho intramolecular Hbond substituents is 2. The van der Waals surface area contributed by atoms with E-state index in [1.165, 1.54) is 0 Å². The molecule has 1 rings (SSSR count). The molecule has 0 amide bonds. The van der Waals surface area contributed by atoms with Crippen molar-refractivity contribution in [3.05, 3.63) is 23.3 Å². The highest BCUT2D eigenvalue weighted by Crippen LogP contribution is 2.27. The molecule has 0 heterocycles. The molecule has 3 nitrogen and oxygen atoms in total. The van der Waals surface area contributed by atoms with Crippen LogP contribution >= 0.6 is 0 Å². The minimum Gasteiger partial charge on any atom is -0.508 e. The summed E-state index contributed by atoms with van der Waals surface area (Å²) < 4.78 is 0. The standard InChI is InChI=1S/C10H14O3/c1-6(11)3-8-4-9(12)7(2)10(13)5-8/h4-6,11-13H,3H2,1-2H3/t6-/m0/s1. The van der Waals surface area contributed by atoms with Crippen LogP contribution in [-0.2, 0) is 6.42 Å². The molecule has 13 heavy (non-hydrogen) atoms. The first-order chi connectivity index (χ1) is 6.00. The van der Waals surface area contributed by atoms with Crippen LogP contribution in [-0.4, -0.2) is 21.4 Å². The number of aliphatic hydroxyl groups is 1. The zero-order valence-electron chi connectivity index (χ0n) is 7.78. The van der Waals surface area contributed by atoms with Crippen molar-refractivity contribution in [2.45, 2.75) is 26.4 Å². The Kier molecular flexibility index (Phi) is 2.78. The summed E-state index contributed by atoms with van der Waals surface area (Å²) in [7, 11) is 0. The summed E-state index contributed by atoms with van der Waals surface area (Å²) >= 11 is 0. The monoisotopic (exact) mass is 182 g/mol. The fourth-order valence-corrected chi connectivity index (χ4v) is 1.20. The van der Waals surface area contributed by atoms with Crippen LogP contribution in [0.4, 0.5) is 0 Å². The molecule has 1 aromatic carbocycles. The lowest BCUT2D eigenvalue weighted by Crippen LogP contribution is -2.03. The lowest BCUT2D eigenvalue weighted by Gasteiger charge is -2.08. The molecule has 0 aromatic heterocycles. The molecule has 0 bridgehead atoms. The third-order valence-electron chi connectivity index (χ3n) is 1.94. The number of phenols is 2. The van der Waals surface area contributed by atoms with Crippen LogP contribution in [0.2, 0.25) is 0 Å². The molecule has 72 valence electrons. The second-order valence-electron chi connectivity index (χ2n) is 3.31. The van der Waals surface area contributed by atoms with Gasteiger partial charge in [0.05, 0.1) is 6.10 Å². The van der Waals surface area contributed by atoms with Crippen LogP contribution in [0.25, 0.3) is 0 Å². The van der Waals surface area contributed by atoms with E-state index < -0.39 is 6.10 Å². The molecule has 1 atom stereocenters. The van der Waals surface area contributed by atoms with Crippen LogP contribution in [0.3, 0.4) is 0 Å². The van der Waals surface area contributed by atoms with Crippen molar-refractivity contribution in [1.29, 1.82) is 0 Å². The van der Waals surface area contributed by atoms with Gasteiger partial charge in [-0.3, -0.25) is 0 Å². The Morgan fingerprint density at radius 2 is 1.69 bits per heavy atom. The lowest BCUT2D eigenvalue weighted by atomic mass is 10.1. The lowest BCUT2D eigenvalue weighted by molar-refractivity contribution is 0.195.